The predicted molar refractivity (Wildman–Crippen MR) is 102 cm³/mol. The molecule has 2 N–H and O–H groups in total. The largest absolute Gasteiger partial charge is 0.323 e. The number of aryl methyl sites for hydroxylation is 1. The molecule has 7 nitrogen and oxygen atoms in total. The molecule has 0 aromatic carbocycles. The quantitative estimate of drug-likeness (QED) is 0.852. The Hall–Kier alpha value is -2.31. The van der Waals surface area contributed by atoms with Crippen LogP contribution in [0.15, 0.2) is 12.1 Å². The highest BCUT2D eigenvalue weighted by Crippen LogP contribution is 2.40. The van der Waals surface area contributed by atoms with Gasteiger partial charge in [-0.2, -0.15) is 10.2 Å². The molecule has 1 unspecified atom stereocenters. The lowest BCUT2D eigenvalue weighted by Crippen LogP contribution is -2.32. The molecule has 2 amide bonds. The minimum Gasteiger partial charge on any atom is -0.322 e. The Balaban J connectivity index is 1.65. The Labute approximate surface area is 155 Å². The van der Waals surface area contributed by atoms with Crippen molar-refractivity contribution in [2.45, 2.75) is 65.5 Å². The molecule has 0 radical (unpaired) electrons. The van der Waals surface area contributed by atoms with Crippen molar-refractivity contribution in [3.05, 3.63) is 29.2 Å². The molecular formula is C19H30N6O. The third kappa shape index (κ3) is 4.08. The number of aromatic amines is 1. The molecule has 2 heterocycles. The predicted octanol–water partition coefficient (Wildman–Crippen LogP) is 3.85. The Bertz CT molecular complexity index is 780. The zero-order chi connectivity index (χ0) is 19.1. The summed E-state index contributed by atoms with van der Waals surface area (Å²) in [5.74, 6) is 1.43. The molecule has 0 bridgehead atoms. The fourth-order valence-corrected chi connectivity index (χ4v) is 3.06. The summed E-state index contributed by atoms with van der Waals surface area (Å²) >= 11 is 0. The van der Waals surface area contributed by atoms with E-state index in [0.717, 1.165) is 22.9 Å². The van der Waals surface area contributed by atoms with Gasteiger partial charge < -0.3 is 4.90 Å². The molecule has 142 valence electrons. The Morgan fingerprint density at radius 1 is 1.42 bits per heavy atom. The summed E-state index contributed by atoms with van der Waals surface area (Å²) in [5, 5.41) is 15.0. The first-order valence-corrected chi connectivity index (χ1v) is 9.28. The highest BCUT2D eigenvalue weighted by atomic mass is 16.2. The molecule has 7 heteroatoms. The fourth-order valence-electron chi connectivity index (χ4n) is 3.06. The van der Waals surface area contributed by atoms with Crippen molar-refractivity contribution in [3.8, 4) is 0 Å². The fraction of sp³-hybridized carbons (Fsp3) is 0.632. The van der Waals surface area contributed by atoms with Crippen molar-refractivity contribution < 1.29 is 4.79 Å². The Morgan fingerprint density at radius 3 is 2.69 bits per heavy atom. The molecule has 1 atom stereocenters. The van der Waals surface area contributed by atoms with Crippen molar-refractivity contribution in [1.82, 2.24) is 24.9 Å². The highest BCUT2D eigenvalue weighted by Gasteiger charge is 2.31. The summed E-state index contributed by atoms with van der Waals surface area (Å²) < 4.78 is 1.95. The number of amides is 2. The van der Waals surface area contributed by atoms with Gasteiger partial charge in [0.25, 0.3) is 0 Å². The maximum absolute atomic E-state index is 12.6. The summed E-state index contributed by atoms with van der Waals surface area (Å²) in [6.45, 7) is 11.0. The average molecular weight is 358 g/mol. The van der Waals surface area contributed by atoms with E-state index >= 15 is 0 Å². The SMILES string of the molecule is Cc1cc(NC(=O)N(C)Cc2cc(C(C)(C)C)n[nH]2)n(C(C)C2CC2)n1. The van der Waals surface area contributed by atoms with E-state index in [1.54, 1.807) is 11.9 Å². The minimum absolute atomic E-state index is 0.0153. The molecular weight excluding hydrogens is 328 g/mol. The number of rotatable bonds is 5. The van der Waals surface area contributed by atoms with Gasteiger partial charge in [0, 0.05) is 18.5 Å². The van der Waals surface area contributed by atoms with Gasteiger partial charge in [-0.25, -0.2) is 9.48 Å². The van der Waals surface area contributed by atoms with Crippen LogP contribution < -0.4 is 5.32 Å². The second-order valence-electron chi connectivity index (χ2n) is 8.51. The van der Waals surface area contributed by atoms with Gasteiger partial charge in [-0.3, -0.25) is 10.4 Å². The zero-order valence-corrected chi connectivity index (χ0v) is 16.6. The molecule has 1 saturated carbocycles. The monoisotopic (exact) mass is 358 g/mol. The van der Waals surface area contributed by atoms with E-state index in [-0.39, 0.29) is 11.4 Å². The first-order chi connectivity index (χ1) is 12.1. The van der Waals surface area contributed by atoms with E-state index in [4.69, 9.17) is 0 Å². The molecule has 2 aromatic rings. The van der Waals surface area contributed by atoms with Gasteiger partial charge in [0.15, 0.2) is 0 Å². The number of urea groups is 1. The number of carbonyl (C=O) groups is 1. The van der Waals surface area contributed by atoms with E-state index in [0.29, 0.717) is 18.5 Å². The van der Waals surface area contributed by atoms with E-state index in [2.05, 4.69) is 48.3 Å². The molecule has 1 fully saturated rings. The van der Waals surface area contributed by atoms with Gasteiger partial charge >= 0.3 is 6.03 Å². The summed E-state index contributed by atoms with van der Waals surface area (Å²) in [6, 6.07) is 4.11. The second-order valence-corrected chi connectivity index (χ2v) is 8.51. The number of hydrogen-bond donors (Lipinski definition) is 2. The first-order valence-electron chi connectivity index (χ1n) is 9.28. The third-order valence-corrected chi connectivity index (χ3v) is 4.94. The first kappa shape index (κ1) is 18.5. The molecule has 1 aliphatic rings. The lowest BCUT2D eigenvalue weighted by Gasteiger charge is -2.19. The van der Waals surface area contributed by atoms with E-state index < -0.39 is 0 Å². The van der Waals surface area contributed by atoms with Crippen LogP contribution in [0.2, 0.25) is 0 Å². The van der Waals surface area contributed by atoms with Crippen LogP contribution in [-0.4, -0.2) is 38.0 Å². The lowest BCUT2D eigenvalue weighted by molar-refractivity contribution is 0.220. The maximum Gasteiger partial charge on any atom is 0.323 e. The van der Waals surface area contributed by atoms with Gasteiger partial charge in [-0.05, 0) is 38.7 Å². The van der Waals surface area contributed by atoms with Crippen molar-refractivity contribution in [2.24, 2.45) is 5.92 Å². The van der Waals surface area contributed by atoms with Gasteiger partial charge in [0.1, 0.15) is 5.82 Å². The van der Waals surface area contributed by atoms with Crippen molar-refractivity contribution in [3.63, 3.8) is 0 Å². The van der Waals surface area contributed by atoms with Crippen LogP contribution in [0.5, 0.6) is 0 Å². The summed E-state index contributed by atoms with van der Waals surface area (Å²) in [6.07, 6.45) is 2.48. The van der Waals surface area contributed by atoms with E-state index in [1.807, 2.05) is 23.7 Å². The number of nitrogens with one attached hydrogen (secondary N) is 2. The lowest BCUT2D eigenvalue weighted by atomic mass is 9.92. The van der Waals surface area contributed by atoms with Crippen LogP contribution in [-0.2, 0) is 12.0 Å². The number of aromatic nitrogens is 4. The van der Waals surface area contributed by atoms with Crippen LogP contribution in [0.1, 0.15) is 63.7 Å². The van der Waals surface area contributed by atoms with Crippen LogP contribution in [0, 0.1) is 12.8 Å². The van der Waals surface area contributed by atoms with Crippen LogP contribution in [0.25, 0.3) is 0 Å². The normalized spacial score (nSPS) is 15.8. The van der Waals surface area contributed by atoms with Gasteiger partial charge in [-0.15, -0.1) is 0 Å². The number of anilines is 1. The minimum atomic E-state index is -0.152. The molecule has 26 heavy (non-hydrogen) atoms. The molecule has 0 saturated heterocycles. The number of H-pyrrole nitrogens is 1. The molecule has 0 aliphatic heterocycles. The summed E-state index contributed by atoms with van der Waals surface area (Å²) in [4.78, 5) is 14.3. The topological polar surface area (TPSA) is 78.8 Å². The maximum atomic E-state index is 12.6. The second kappa shape index (κ2) is 6.78. The molecule has 1 aliphatic carbocycles. The van der Waals surface area contributed by atoms with Gasteiger partial charge in [0.2, 0.25) is 0 Å². The van der Waals surface area contributed by atoms with E-state index in [9.17, 15) is 4.79 Å². The standard InChI is InChI=1S/C19H30N6O/c1-12-9-17(25(23-12)13(2)14-7-8-14)20-18(26)24(6)11-15-10-16(22-21-15)19(3,4)5/h9-10,13-14H,7-8,11H2,1-6H3,(H,20,26)(H,21,22). The van der Waals surface area contributed by atoms with Gasteiger partial charge in [-0.1, -0.05) is 20.8 Å². The molecule has 3 rings (SSSR count). The van der Waals surface area contributed by atoms with Crippen LogP contribution >= 0.6 is 0 Å². The van der Waals surface area contributed by atoms with Crippen LogP contribution in [0.4, 0.5) is 10.6 Å². The summed E-state index contributed by atoms with van der Waals surface area (Å²) in [7, 11) is 1.78. The number of hydrogen-bond acceptors (Lipinski definition) is 3. The van der Waals surface area contributed by atoms with Crippen molar-refractivity contribution in [2.75, 3.05) is 12.4 Å². The average Bonchev–Trinajstić information content (AvgIpc) is 3.18. The van der Waals surface area contributed by atoms with Gasteiger partial charge in [0.05, 0.1) is 29.7 Å². The van der Waals surface area contributed by atoms with Crippen molar-refractivity contribution >= 4 is 11.8 Å². The Kier molecular flexibility index (Phi) is 4.82. The number of nitrogens with zero attached hydrogens (tertiary/aromatic N) is 4. The van der Waals surface area contributed by atoms with Crippen molar-refractivity contribution in [1.29, 1.82) is 0 Å². The third-order valence-electron chi connectivity index (χ3n) is 4.94. The molecule has 0 spiro atoms. The molecule has 2 aromatic heterocycles. The summed E-state index contributed by atoms with van der Waals surface area (Å²) in [5.41, 5.74) is 2.81. The number of carbonyl (C=O) groups excluding carboxylic acids is 1. The highest BCUT2D eigenvalue weighted by molar-refractivity contribution is 5.88. The van der Waals surface area contributed by atoms with E-state index in [1.165, 1.54) is 12.8 Å². The smallest absolute Gasteiger partial charge is 0.322 e. The Morgan fingerprint density at radius 2 is 2.12 bits per heavy atom. The zero-order valence-electron chi connectivity index (χ0n) is 16.6. The van der Waals surface area contributed by atoms with Crippen LogP contribution in [0.3, 0.4) is 0 Å².